The van der Waals surface area contributed by atoms with Crippen LogP contribution in [-0.2, 0) is 12.2 Å². The maximum Gasteiger partial charge on any atom is 0.280 e. The van der Waals surface area contributed by atoms with E-state index < -0.39 is 11.2 Å². The highest BCUT2D eigenvalue weighted by Gasteiger charge is 2.22. The lowest BCUT2D eigenvalue weighted by molar-refractivity contribution is 0.0688. The fourth-order valence-electron chi connectivity index (χ4n) is 3.64. The van der Waals surface area contributed by atoms with Crippen LogP contribution in [-0.4, -0.2) is 29.6 Å². The number of hydrogen-bond acceptors (Lipinski definition) is 7. The van der Waals surface area contributed by atoms with Gasteiger partial charge in [-0.3, -0.25) is 14.3 Å². The maximum absolute atomic E-state index is 13.3. The molecule has 0 saturated heterocycles. The van der Waals surface area contributed by atoms with Crippen molar-refractivity contribution >= 4 is 23.2 Å². The van der Waals surface area contributed by atoms with Crippen LogP contribution in [0.4, 0.5) is 0 Å². The Balaban J connectivity index is 1.75. The van der Waals surface area contributed by atoms with Crippen molar-refractivity contribution < 1.29 is 9.84 Å². The van der Waals surface area contributed by atoms with Crippen molar-refractivity contribution in [2.24, 2.45) is 0 Å². The molecule has 4 aromatic rings. The summed E-state index contributed by atoms with van der Waals surface area (Å²) in [5, 5.41) is 10.5. The predicted octanol–water partition coefficient (Wildman–Crippen LogP) is 5.12. The van der Waals surface area contributed by atoms with E-state index in [0.717, 1.165) is 11.3 Å². The largest absolute Gasteiger partial charge is 0.470 e. The van der Waals surface area contributed by atoms with E-state index in [1.165, 1.54) is 4.57 Å². The second kappa shape index (κ2) is 9.97. The Morgan fingerprint density at radius 1 is 1.06 bits per heavy atom. The third-order valence-corrected chi connectivity index (χ3v) is 6.09. The van der Waals surface area contributed by atoms with E-state index >= 15 is 0 Å². The lowest BCUT2D eigenvalue weighted by Crippen LogP contribution is -2.24. The number of pyridine rings is 1. The van der Waals surface area contributed by atoms with Gasteiger partial charge in [-0.25, -0.2) is 9.97 Å². The van der Waals surface area contributed by atoms with Gasteiger partial charge in [0, 0.05) is 17.5 Å². The van der Waals surface area contributed by atoms with Gasteiger partial charge in [-0.2, -0.15) is 4.98 Å². The number of aromatic nitrogens is 5. The molecule has 0 saturated carbocycles. The minimum absolute atomic E-state index is 0.0208. The molecule has 4 rings (SSSR count). The van der Waals surface area contributed by atoms with Crippen molar-refractivity contribution in [1.29, 1.82) is 0 Å². The van der Waals surface area contributed by atoms with E-state index in [1.54, 1.807) is 45.2 Å². The molecular formula is C26H25Cl2N5O3. The van der Waals surface area contributed by atoms with Crippen molar-refractivity contribution in [2.75, 3.05) is 0 Å². The number of hydrogen-bond donors (Lipinski definition) is 1. The smallest absolute Gasteiger partial charge is 0.280 e. The standard InChI is InChI=1S/C26H25Cl2N5O3/c1-14-12-29-25(26(4,5)35)32-22(14)17-9-10-19(27)20(11-17)33-16(3)31-23(21(28)24(33)34)36-13-18-8-6-7-15(2)30-18/h6-12,35H,13H2,1-5H3. The van der Waals surface area contributed by atoms with E-state index in [1.807, 2.05) is 32.0 Å². The van der Waals surface area contributed by atoms with Crippen LogP contribution in [0.1, 0.15) is 42.4 Å². The van der Waals surface area contributed by atoms with Crippen molar-refractivity contribution in [3.63, 3.8) is 0 Å². The molecule has 186 valence electrons. The Morgan fingerprint density at radius 3 is 2.50 bits per heavy atom. The summed E-state index contributed by atoms with van der Waals surface area (Å²) >= 11 is 12.9. The first kappa shape index (κ1) is 25.8. The highest BCUT2D eigenvalue weighted by Crippen LogP contribution is 2.30. The van der Waals surface area contributed by atoms with Gasteiger partial charge in [-0.1, -0.05) is 35.3 Å². The highest BCUT2D eigenvalue weighted by atomic mass is 35.5. The number of benzene rings is 1. The normalized spacial score (nSPS) is 11.6. The van der Waals surface area contributed by atoms with Crippen molar-refractivity contribution in [3.05, 3.63) is 91.6 Å². The lowest BCUT2D eigenvalue weighted by Gasteiger charge is -2.18. The van der Waals surface area contributed by atoms with Crippen LogP contribution in [0.2, 0.25) is 10.0 Å². The fraction of sp³-hybridized carbons (Fsp3) is 0.269. The Bertz CT molecular complexity index is 1510. The van der Waals surface area contributed by atoms with E-state index in [4.69, 9.17) is 27.9 Å². The molecule has 1 N–H and O–H groups in total. The van der Waals surface area contributed by atoms with E-state index in [-0.39, 0.29) is 23.3 Å². The summed E-state index contributed by atoms with van der Waals surface area (Å²) < 4.78 is 7.05. The summed E-state index contributed by atoms with van der Waals surface area (Å²) in [6.45, 7) is 8.76. The molecule has 0 bridgehead atoms. The molecule has 3 aromatic heterocycles. The number of rotatable bonds is 6. The Kier molecular flexibility index (Phi) is 7.13. The van der Waals surface area contributed by atoms with Crippen molar-refractivity contribution in [3.8, 4) is 22.8 Å². The van der Waals surface area contributed by atoms with Crippen LogP contribution in [0.5, 0.6) is 5.88 Å². The molecule has 0 fully saturated rings. The number of nitrogens with zero attached hydrogens (tertiary/aromatic N) is 5. The first-order chi connectivity index (χ1) is 17.0. The summed E-state index contributed by atoms with van der Waals surface area (Å²) in [6.07, 6.45) is 1.65. The molecule has 0 amide bonds. The summed E-state index contributed by atoms with van der Waals surface area (Å²) in [5.74, 6) is 0.641. The summed E-state index contributed by atoms with van der Waals surface area (Å²) in [7, 11) is 0. The zero-order valence-corrected chi connectivity index (χ0v) is 22.0. The highest BCUT2D eigenvalue weighted by molar-refractivity contribution is 6.33. The second-order valence-electron chi connectivity index (χ2n) is 8.93. The zero-order chi connectivity index (χ0) is 26.2. The minimum Gasteiger partial charge on any atom is -0.470 e. The Hall–Kier alpha value is -3.33. The molecule has 1 aromatic carbocycles. The Labute approximate surface area is 218 Å². The van der Waals surface area contributed by atoms with Crippen LogP contribution in [0.25, 0.3) is 16.9 Å². The number of ether oxygens (including phenoxy) is 1. The molecule has 0 atom stereocenters. The van der Waals surface area contributed by atoms with Gasteiger partial charge in [0.25, 0.3) is 5.56 Å². The maximum atomic E-state index is 13.3. The van der Waals surface area contributed by atoms with E-state index in [0.29, 0.717) is 33.5 Å². The molecule has 36 heavy (non-hydrogen) atoms. The number of aryl methyl sites for hydroxylation is 3. The van der Waals surface area contributed by atoms with Crippen molar-refractivity contribution in [1.82, 2.24) is 24.5 Å². The third kappa shape index (κ3) is 5.26. The quantitative estimate of drug-likeness (QED) is 0.372. The van der Waals surface area contributed by atoms with E-state index in [9.17, 15) is 9.90 Å². The van der Waals surface area contributed by atoms with Crippen molar-refractivity contribution in [2.45, 2.75) is 46.8 Å². The fourth-order valence-corrected chi connectivity index (χ4v) is 4.03. The first-order valence-corrected chi connectivity index (χ1v) is 11.9. The van der Waals surface area contributed by atoms with Gasteiger partial charge in [0.05, 0.1) is 22.1 Å². The van der Waals surface area contributed by atoms with E-state index in [2.05, 4.69) is 19.9 Å². The number of halogens is 2. The SMILES string of the molecule is Cc1cccc(COc2nc(C)n(-c3cc(-c4nc(C(C)(C)O)ncc4C)ccc3Cl)c(=O)c2Cl)n1. The van der Waals surface area contributed by atoms with Gasteiger partial charge >= 0.3 is 0 Å². The summed E-state index contributed by atoms with van der Waals surface area (Å²) in [6, 6.07) is 10.8. The van der Waals surface area contributed by atoms with Crippen LogP contribution in [0.3, 0.4) is 0 Å². The average molecular weight is 526 g/mol. The molecule has 8 nitrogen and oxygen atoms in total. The molecular weight excluding hydrogens is 501 g/mol. The first-order valence-electron chi connectivity index (χ1n) is 11.2. The van der Waals surface area contributed by atoms with Gasteiger partial charge in [0.15, 0.2) is 10.8 Å². The summed E-state index contributed by atoms with van der Waals surface area (Å²) in [4.78, 5) is 30.9. The topological polar surface area (TPSA) is 103 Å². The molecule has 3 heterocycles. The van der Waals surface area contributed by atoms with Gasteiger partial charge < -0.3 is 9.84 Å². The van der Waals surface area contributed by atoms with Crippen LogP contribution < -0.4 is 10.3 Å². The van der Waals surface area contributed by atoms with Gasteiger partial charge in [-0.05, 0) is 64.4 Å². The predicted molar refractivity (Wildman–Crippen MR) is 139 cm³/mol. The minimum atomic E-state index is -1.22. The molecule has 10 heteroatoms. The third-order valence-electron chi connectivity index (χ3n) is 5.45. The molecule has 0 aliphatic rings. The van der Waals surface area contributed by atoms with Gasteiger partial charge in [-0.15, -0.1) is 0 Å². The Morgan fingerprint density at radius 2 is 1.81 bits per heavy atom. The van der Waals surface area contributed by atoms with Crippen LogP contribution in [0, 0.1) is 20.8 Å². The van der Waals surface area contributed by atoms with Gasteiger partial charge in [0.2, 0.25) is 5.88 Å². The molecule has 0 radical (unpaired) electrons. The lowest BCUT2D eigenvalue weighted by atomic mass is 10.0. The second-order valence-corrected chi connectivity index (χ2v) is 9.71. The molecule has 0 unspecified atom stereocenters. The number of aliphatic hydroxyl groups is 1. The zero-order valence-electron chi connectivity index (χ0n) is 20.5. The monoisotopic (exact) mass is 525 g/mol. The molecule has 0 aliphatic carbocycles. The molecule has 0 aliphatic heterocycles. The van der Waals surface area contributed by atoms with Crippen LogP contribution >= 0.6 is 23.2 Å². The summed E-state index contributed by atoms with van der Waals surface area (Å²) in [5.41, 5.74) is 2.29. The molecule has 0 spiro atoms. The van der Waals surface area contributed by atoms with Crippen LogP contribution in [0.15, 0.2) is 47.4 Å². The van der Waals surface area contributed by atoms with Gasteiger partial charge in [0.1, 0.15) is 18.0 Å². The average Bonchev–Trinajstić information content (AvgIpc) is 2.81.